The fraction of sp³-hybridized carbons (Fsp3) is 0.355. The van der Waals surface area contributed by atoms with Gasteiger partial charge < -0.3 is 15.5 Å². The molecule has 3 aromatic rings. The zero-order valence-corrected chi connectivity index (χ0v) is 24.3. The van der Waals surface area contributed by atoms with Crippen molar-refractivity contribution in [2.75, 3.05) is 19.3 Å². The Bertz CT molecular complexity index is 1690. The highest BCUT2D eigenvalue weighted by atomic mass is 32.2. The van der Waals surface area contributed by atoms with Gasteiger partial charge in [-0.2, -0.15) is 0 Å². The number of amides is 3. The first-order valence-electron chi connectivity index (χ1n) is 14.0. The van der Waals surface area contributed by atoms with Crippen molar-refractivity contribution in [1.29, 1.82) is 0 Å². The number of fused-ring (bicyclic) bond motifs is 1. The summed E-state index contributed by atoms with van der Waals surface area (Å²) < 4.78 is 37.7. The highest BCUT2D eigenvalue weighted by molar-refractivity contribution is 7.90. The summed E-state index contributed by atoms with van der Waals surface area (Å²) in [4.78, 5) is 45.0. The quantitative estimate of drug-likeness (QED) is 0.390. The van der Waals surface area contributed by atoms with Crippen molar-refractivity contribution in [2.45, 2.75) is 49.6 Å². The van der Waals surface area contributed by atoms with E-state index in [0.29, 0.717) is 36.2 Å². The smallest absolute Gasteiger partial charge is 0.270 e. The number of pyridine rings is 1. The van der Waals surface area contributed by atoms with Crippen LogP contribution < -0.4 is 10.6 Å². The van der Waals surface area contributed by atoms with E-state index in [0.717, 1.165) is 30.2 Å². The Morgan fingerprint density at radius 1 is 1.10 bits per heavy atom. The zero-order chi connectivity index (χ0) is 30.0. The summed E-state index contributed by atoms with van der Waals surface area (Å²) in [5.74, 6) is -1.16. The van der Waals surface area contributed by atoms with Crippen LogP contribution >= 0.6 is 0 Å². The first-order chi connectivity index (χ1) is 20.0. The van der Waals surface area contributed by atoms with Crippen LogP contribution in [-0.4, -0.2) is 61.4 Å². The van der Waals surface area contributed by atoms with Crippen LogP contribution in [0, 0.1) is 11.7 Å². The Balaban J connectivity index is 1.22. The molecule has 2 N–H and O–H groups in total. The topological polar surface area (TPSA) is 126 Å². The summed E-state index contributed by atoms with van der Waals surface area (Å²) in [6, 6.07) is 10.9. The summed E-state index contributed by atoms with van der Waals surface area (Å²) in [5.41, 5.74) is 2.06. The van der Waals surface area contributed by atoms with Crippen molar-refractivity contribution in [1.82, 2.24) is 20.5 Å². The number of halogens is 1. The number of rotatable bonds is 9. The Kier molecular flexibility index (Phi) is 8.40. The molecular formula is C31H33FN4O5S. The van der Waals surface area contributed by atoms with E-state index in [4.69, 9.17) is 0 Å². The standard InChI is InChI=1S/C31H33FN4O5S/c1-19(25-12-11-24(42(2,40)41)17-21(25)8-7-20-5-6-20)34-31(39)28-4-3-15-36(28)29(37)18-33-30(38)27-13-9-22-16-23(32)10-14-26(22)35-27/h7-14,16-17,19-20,28H,3-6,15,18H2,1-2H3,(H,33,38)(H,34,39)/b8-7+/t19-,28-/m0/s1. The van der Waals surface area contributed by atoms with Gasteiger partial charge in [0.1, 0.15) is 17.6 Å². The van der Waals surface area contributed by atoms with Crippen molar-refractivity contribution in [3.8, 4) is 0 Å². The average Bonchev–Trinajstić information content (AvgIpc) is 3.66. The van der Waals surface area contributed by atoms with Gasteiger partial charge in [0.15, 0.2) is 9.84 Å². The number of nitrogens with one attached hydrogen (secondary N) is 2. The summed E-state index contributed by atoms with van der Waals surface area (Å²) in [6.45, 7) is 1.91. The fourth-order valence-electron chi connectivity index (χ4n) is 5.15. The first-order valence-corrected chi connectivity index (χ1v) is 15.9. The number of hydrogen-bond donors (Lipinski definition) is 2. The predicted molar refractivity (Wildman–Crippen MR) is 157 cm³/mol. The van der Waals surface area contributed by atoms with Crippen LogP contribution in [0.4, 0.5) is 4.39 Å². The molecule has 1 saturated heterocycles. The highest BCUT2D eigenvalue weighted by Gasteiger charge is 2.35. The number of aromatic nitrogens is 1. The van der Waals surface area contributed by atoms with Crippen LogP contribution in [0.3, 0.4) is 0 Å². The van der Waals surface area contributed by atoms with Crippen molar-refractivity contribution in [2.24, 2.45) is 5.92 Å². The van der Waals surface area contributed by atoms with E-state index in [-0.39, 0.29) is 28.9 Å². The first kappa shape index (κ1) is 29.4. The molecule has 2 aliphatic rings. The minimum absolute atomic E-state index is 0.0971. The molecule has 2 atom stereocenters. The molecule has 2 heterocycles. The molecule has 2 fully saturated rings. The number of carbonyl (C=O) groups excluding carboxylic acids is 3. The Labute approximate surface area is 244 Å². The SMILES string of the molecule is C[C@H](NC(=O)[C@@H]1CCCN1C(=O)CNC(=O)c1ccc2cc(F)ccc2n1)c1ccc(S(C)(=O)=O)cc1/C=C/C1CC1. The molecule has 9 nitrogen and oxygen atoms in total. The molecule has 0 bridgehead atoms. The molecule has 1 aliphatic carbocycles. The van der Waals surface area contributed by atoms with Crippen molar-refractivity contribution in [3.05, 3.63) is 77.2 Å². The molecule has 1 aromatic heterocycles. The summed E-state index contributed by atoms with van der Waals surface area (Å²) >= 11 is 0. The molecule has 0 spiro atoms. The van der Waals surface area contributed by atoms with E-state index in [9.17, 15) is 27.2 Å². The molecule has 0 radical (unpaired) electrons. The number of allylic oxidation sites excluding steroid dienone is 1. The number of likely N-dealkylation sites (tertiary alicyclic amines) is 1. The molecule has 1 aliphatic heterocycles. The minimum Gasteiger partial charge on any atom is -0.348 e. The lowest BCUT2D eigenvalue weighted by Crippen LogP contribution is -2.49. The van der Waals surface area contributed by atoms with Gasteiger partial charge in [0.2, 0.25) is 11.8 Å². The van der Waals surface area contributed by atoms with Crippen LogP contribution in [0.5, 0.6) is 0 Å². The van der Waals surface area contributed by atoms with Gasteiger partial charge in [-0.25, -0.2) is 17.8 Å². The maximum atomic E-state index is 13.4. The number of nitrogens with zero attached hydrogens (tertiary/aromatic N) is 2. The lowest BCUT2D eigenvalue weighted by molar-refractivity contribution is -0.137. The van der Waals surface area contributed by atoms with E-state index >= 15 is 0 Å². The van der Waals surface area contributed by atoms with Gasteiger partial charge in [-0.3, -0.25) is 14.4 Å². The second-order valence-electron chi connectivity index (χ2n) is 11.0. The molecule has 0 unspecified atom stereocenters. The van der Waals surface area contributed by atoms with Crippen LogP contribution in [-0.2, 0) is 19.4 Å². The third kappa shape index (κ3) is 6.84. The zero-order valence-electron chi connectivity index (χ0n) is 23.5. The van der Waals surface area contributed by atoms with Gasteiger partial charge >= 0.3 is 0 Å². The van der Waals surface area contributed by atoms with Gasteiger partial charge in [-0.05, 0) is 86.1 Å². The summed E-state index contributed by atoms with van der Waals surface area (Å²) in [6.07, 6.45) is 8.50. The lowest BCUT2D eigenvalue weighted by atomic mass is 10.00. The Morgan fingerprint density at radius 2 is 1.88 bits per heavy atom. The maximum absolute atomic E-state index is 13.4. The van der Waals surface area contributed by atoms with Crippen LogP contribution in [0.15, 0.2) is 59.5 Å². The van der Waals surface area contributed by atoms with E-state index in [1.54, 1.807) is 24.3 Å². The second-order valence-corrected chi connectivity index (χ2v) is 13.0. The van der Waals surface area contributed by atoms with Crippen molar-refractivity contribution in [3.63, 3.8) is 0 Å². The van der Waals surface area contributed by atoms with Crippen LogP contribution in [0.25, 0.3) is 17.0 Å². The number of benzene rings is 2. The largest absolute Gasteiger partial charge is 0.348 e. The normalized spacial score (nSPS) is 17.9. The second kappa shape index (κ2) is 12.0. The maximum Gasteiger partial charge on any atom is 0.270 e. The Morgan fingerprint density at radius 3 is 2.62 bits per heavy atom. The molecular weight excluding hydrogens is 559 g/mol. The molecule has 3 amide bonds. The molecule has 220 valence electrons. The monoisotopic (exact) mass is 592 g/mol. The molecule has 5 rings (SSSR count). The summed E-state index contributed by atoms with van der Waals surface area (Å²) in [5, 5.41) is 6.13. The number of hydrogen-bond acceptors (Lipinski definition) is 6. The van der Waals surface area contributed by atoms with Gasteiger partial charge in [0.05, 0.1) is 23.0 Å². The summed E-state index contributed by atoms with van der Waals surface area (Å²) in [7, 11) is -3.40. The third-order valence-electron chi connectivity index (χ3n) is 7.64. The average molecular weight is 593 g/mol. The van der Waals surface area contributed by atoms with Gasteiger partial charge in [0.25, 0.3) is 5.91 Å². The van der Waals surface area contributed by atoms with Gasteiger partial charge in [0, 0.05) is 18.2 Å². The van der Waals surface area contributed by atoms with Crippen molar-refractivity contribution >= 4 is 44.5 Å². The van der Waals surface area contributed by atoms with Crippen LogP contribution in [0.1, 0.15) is 60.3 Å². The molecule has 42 heavy (non-hydrogen) atoms. The predicted octanol–water partition coefficient (Wildman–Crippen LogP) is 3.80. The highest BCUT2D eigenvalue weighted by Crippen LogP contribution is 2.32. The lowest BCUT2D eigenvalue weighted by Gasteiger charge is -2.26. The minimum atomic E-state index is -3.40. The van der Waals surface area contributed by atoms with E-state index in [1.807, 2.05) is 13.0 Å². The van der Waals surface area contributed by atoms with E-state index in [2.05, 4.69) is 21.7 Å². The van der Waals surface area contributed by atoms with Gasteiger partial charge in [-0.15, -0.1) is 0 Å². The molecule has 2 aromatic carbocycles. The Hall–Kier alpha value is -4.12. The third-order valence-corrected chi connectivity index (χ3v) is 8.75. The number of sulfone groups is 1. The fourth-order valence-corrected chi connectivity index (χ4v) is 5.80. The molecule has 11 heteroatoms. The molecule has 1 saturated carbocycles. The van der Waals surface area contributed by atoms with Gasteiger partial charge in [-0.1, -0.05) is 24.3 Å². The van der Waals surface area contributed by atoms with E-state index < -0.39 is 33.6 Å². The van der Waals surface area contributed by atoms with E-state index in [1.165, 1.54) is 29.2 Å². The van der Waals surface area contributed by atoms with Crippen molar-refractivity contribution < 1.29 is 27.2 Å². The van der Waals surface area contributed by atoms with Crippen LogP contribution in [0.2, 0.25) is 0 Å². The number of carbonyl (C=O) groups is 3.